The van der Waals surface area contributed by atoms with Crippen LogP contribution in [0.3, 0.4) is 0 Å². The van der Waals surface area contributed by atoms with Gasteiger partial charge in [0.15, 0.2) is 0 Å². The van der Waals surface area contributed by atoms with Gasteiger partial charge in [-0.05, 0) is 35.4 Å². The fourth-order valence-electron chi connectivity index (χ4n) is 1.89. The Bertz CT molecular complexity index is 508. The number of nitrogens with zero attached hydrogens (tertiary/aromatic N) is 1. The van der Waals surface area contributed by atoms with Gasteiger partial charge in [-0.15, -0.1) is 0 Å². The lowest BCUT2D eigenvalue weighted by Gasteiger charge is -2.19. The Morgan fingerprint density at radius 2 is 1.78 bits per heavy atom. The summed E-state index contributed by atoms with van der Waals surface area (Å²) in [6.07, 6.45) is 0. The minimum atomic E-state index is -0.195. The molecule has 0 aliphatic heterocycles. The van der Waals surface area contributed by atoms with Gasteiger partial charge in [0.05, 0.1) is 0 Å². The van der Waals surface area contributed by atoms with E-state index in [1.807, 2.05) is 37.4 Å². The van der Waals surface area contributed by atoms with Crippen molar-refractivity contribution in [2.24, 2.45) is 5.73 Å². The Balaban J connectivity index is 2.09. The molecule has 0 heterocycles. The average molecular weight is 244 g/mol. The summed E-state index contributed by atoms with van der Waals surface area (Å²) in [5.41, 5.74) is 8.72. The maximum absolute atomic E-state index is 13.1. The second-order valence-corrected chi connectivity index (χ2v) is 4.36. The van der Waals surface area contributed by atoms with Gasteiger partial charge in [-0.2, -0.15) is 0 Å². The Morgan fingerprint density at radius 3 is 2.39 bits per heavy atom. The number of nitrogens with two attached hydrogens (primary N) is 1. The maximum atomic E-state index is 13.1. The van der Waals surface area contributed by atoms with Crippen LogP contribution in [0.15, 0.2) is 48.5 Å². The monoisotopic (exact) mass is 244 g/mol. The normalized spacial score (nSPS) is 10.4. The van der Waals surface area contributed by atoms with Crippen LogP contribution in [0.25, 0.3) is 0 Å². The minimum absolute atomic E-state index is 0.195. The van der Waals surface area contributed by atoms with Gasteiger partial charge < -0.3 is 10.6 Å². The van der Waals surface area contributed by atoms with E-state index in [0.29, 0.717) is 13.1 Å². The highest BCUT2D eigenvalue weighted by molar-refractivity contribution is 5.47. The summed E-state index contributed by atoms with van der Waals surface area (Å²) < 4.78 is 13.1. The number of halogens is 1. The van der Waals surface area contributed by atoms with Gasteiger partial charge in [0.25, 0.3) is 0 Å². The first kappa shape index (κ1) is 12.6. The zero-order valence-electron chi connectivity index (χ0n) is 10.4. The summed E-state index contributed by atoms with van der Waals surface area (Å²) in [7, 11) is 1.99. The number of anilines is 1. The van der Waals surface area contributed by atoms with Crippen LogP contribution in [0, 0.1) is 5.82 Å². The first-order valence-corrected chi connectivity index (χ1v) is 5.93. The molecule has 2 rings (SSSR count). The molecule has 3 heteroatoms. The summed E-state index contributed by atoms with van der Waals surface area (Å²) in [6.45, 7) is 1.23. The Hall–Kier alpha value is -1.87. The van der Waals surface area contributed by atoms with Crippen LogP contribution in [-0.2, 0) is 13.1 Å². The van der Waals surface area contributed by atoms with Crippen molar-refractivity contribution in [1.82, 2.24) is 0 Å². The molecule has 94 valence electrons. The SMILES string of the molecule is CN(Cc1cccc(F)c1)c1ccc(CN)cc1. The van der Waals surface area contributed by atoms with Crippen molar-refractivity contribution >= 4 is 5.69 Å². The molecule has 0 saturated heterocycles. The van der Waals surface area contributed by atoms with E-state index in [0.717, 1.165) is 16.8 Å². The van der Waals surface area contributed by atoms with E-state index in [-0.39, 0.29) is 5.82 Å². The van der Waals surface area contributed by atoms with E-state index < -0.39 is 0 Å². The van der Waals surface area contributed by atoms with Gasteiger partial charge in [0.1, 0.15) is 5.82 Å². The number of hydrogen-bond acceptors (Lipinski definition) is 2. The summed E-state index contributed by atoms with van der Waals surface area (Å²) in [5, 5.41) is 0. The second kappa shape index (κ2) is 5.65. The molecule has 0 amide bonds. The van der Waals surface area contributed by atoms with Crippen molar-refractivity contribution in [1.29, 1.82) is 0 Å². The third-order valence-electron chi connectivity index (χ3n) is 2.92. The molecule has 0 spiro atoms. The van der Waals surface area contributed by atoms with Gasteiger partial charge in [-0.3, -0.25) is 0 Å². The first-order chi connectivity index (χ1) is 8.69. The van der Waals surface area contributed by atoms with E-state index in [4.69, 9.17) is 5.73 Å². The lowest BCUT2D eigenvalue weighted by molar-refractivity contribution is 0.625. The highest BCUT2D eigenvalue weighted by Crippen LogP contribution is 2.16. The van der Waals surface area contributed by atoms with Crippen LogP contribution in [-0.4, -0.2) is 7.05 Å². The quantitative estimate of drug-likeness (QED) is 0.896. The van der Waals surface area contributed by atoms with E-state index in [2.05, 4.69) is 4.90 Å². The van der Waals surface area contributed by atoms with Gasteiger partial charge in [0.2, 0.25) is 0 Å². The van der Waals surface area contributed by atoms with Gasteiger partial charge in [0, 0.05) is 25.8 Å². The van der Waals surface area contributed by atoms with Crippen LogP contribution in [0.2, 0.25) is 0 Å². The summed E-state index contributed by atoms with van der Waals surface area (Å²) in [6, 6.07) is 14.8. The topological polar surface area (TPSA) is 29.3 Å². The van der Waals surface area contributed by atoms with Crippen molar-refractivity contribution in [2.75, 3.05) is 11.9 Å². The largest absolute Gasteiger partial charge is 0.370 e. The minimum Gasteiger partial charge on any atom is -0.370 e. The standard InChI is InChI=1S/C15H17FN2/c1-18(11-13-3-2-4-14(16)9-13)15-7-5-12(10-17)6-8-15/h2-9H,10-11,17H2,1H3. The number of rotatable bonds is 4. The van der Waals surface area contributed by atoms with E-state index in [1.54, 1.807) is 12.1 Å². The Morgan fingerprint density at radius 1 is 1.06 bits per heavy atom. The molecule has 0 aromatic heterocycles. The third-order valence-corrected chi connectivity index (χ3v) is 2.92. The molecule has 0 bridgehead atoms. The van der Waals surface area contributed by atoms with Crippen LogP contribution in [0.1, 0.15) is 11.1 Å². The lowest BCUT2D eigenvalue weighted by atomic mass is 10.1. The maximum Gasteiger partial charge on any atom is 0.123 e. The van der Waals surface area contributed by atoms with Gasteiger partial charge >= 0.3 is 0 Å². The van der Waals surface area contributed by atoms with Gasteiger partial charge in [-0.1, -0.05) is 24.3 Å². The van der Waals surface area contributed by atoms with E-state index >= 15 is 0 Å². The second-order valence-electron chi connectivity index (χ2n) is 4.36. The zero-order valence-corrected chi connectivity index (χ0v) is 10.4. The van der Waals surface area contributed by atoms with Gasteiger partial charge in [-0.25, -0.2) is 4.39 Å². The van der Waals surface area contributed by atoms with Crippen LogP contribution in [0.4, 0.5) is 10.1 Å². The van der Waals surface area contributed by atoms with Crippen LogP contribution >= 0.6 is 0 Å². The molecule has 0 aliphatic rings. The Labute approximate surface area is 107 Å². The highest BCUT2D eigenvalue weighted by atomic mass is 19.1. The molecule has 0 fully saturated rings. The summed E-state index contributed by atoms with van der Waals surface area (Å²) in [5.74, 6) is -0.195. The number of hydrogen-bond donors (Lipinski definition) is 1. The molecule has 18 heavy (non-hydrogen) atoms. The molecule has 0 saturated carbocycles. The van der Waals surface area contributed by atoms with Crippen molar-refractivity contribution < 1.29 is 4.39 Å². The molecule has 2 aromatic rings. The molecular formula is C15H17FN2. The van der Waals surface area contributed by atoms with Crippen molar-refractivity contribution in [3.63, 3.8) is 0 Å². The number of benzene rings is 2. The predicted molar refractivity (Wildman–Crippen MR) is 72.8 cm³/mol. The molecule has 0 radical (unpaired) electrons. The molecule has 0 aliphatic carbocycles. The summed E-state index contributed by atoms with van der Waals surface area (Å²) in [4.78, 5) is 2.08. The fraction of sp³-hybridized carbons (Fsp3) is 0.200. The highest BCUT2D eigenvalue weighted by Gasteiger charge is 2.03. The van der Waals surface area contributed by atoms with Crippen molar-refractivity contribution in [3.05, 3.63) is 65.5 Å². The molecule has 2 nitrogen and oxygen atoms in total. The van der Waals surface area contributed by atoms with Crippen molar-refractivity contribution in [2.45, 2.75) is 13.1 Å². The Kier molecular flexibility index (Phi) is 3.95. The van der Waals surface area contributed by atoms with Crippen molar-refractivity contribution in [3.8, 4) is 0 Å². The third kappa shape index (κ3) is 3.08. The predicted octanol–water partition coefficient (Wildman–Crippen LogP) is 2.92. The summed E-state index contributed by atoms with van der Waals surface area (Å²) >= 11 is 0. The fourth-order valence-corrected chi connectivity index (χ4v) is 1.89. The lowest BCUT2D eigenvalue weighted by Crippen LogP contribution is -2.16. The van der Waals surface area contributed by atoms with Crippen LogP contribution in [0.5, 0.6) is 0 Å². The first-order valence-electron chi connectivity index (χ1n) is 5.93. The van der Waals surface area contributed by atoms with E-state index in [1.165, 1.54) is 6.07 Å². The van der Waals surface area contributed by atoms with E-state index in [9.17, 15) is 4.39 Å². The molecule has 0 atom stereocenters. The average Bonchev–Trinajstić information content (AvgIpc) is 2.39. The van der Waals surface area contributed by atoms with Crippen LogP contribution < -0.4 is 10.6 Å². The molecular weight excluding hydrogens is 227 g/mol. The molecule has 2 aromatic carbocycles. The molecule has 2 N–H and O–H groups in total. The zero-order chi connectivity index (χ0) is 13.0. The molecule has 0 unspecified atom stereocenters. The smallest absolute Gasteiger partial charge is 0.123 e.